The number of anilines is 1. The highest BCUT2D eigenvalue weighted by Gasteiger charge is 2.35. The molecule has 0 atom stereocenters. The minimum atomic E-state index is -0.216. The molecular weight excluding hydrogens is 317 g/mol. The van der Waals surface area contributed by atoms with E-state index >= 15 is 0 Å². The lowest BCUT2D eigenvalue weighted by atomic mass is 10.2. The van der Waals surface area contributed by atoms with Crippen LogP contribution in [0, 0.1) is 3.57 Å². The number of amides is 2. The lowest BCUT2D eigenvalue weighted by Crippen LogP contribution is -2.31. The van der Waals surface area contributed by atoms with Crippen LogP contribution in [0.5, 0.6) is 0 Å². The first kappa shape index (κ1) is 11.3. The third kappa shape index (κ3) is 1.57. The number of hydrogen-bond acceptors (Lipinski definition) is 2. The first-order chi connectivity index (χ1) is 7.54. The van der Waals surface area contributed by atoms with Gasteiger partial charge in [0.05, 0.1) is 5.69 Å². The third-order valence-corrected chi connectivity index (χ3v) is 3.62. The molecule has 0 aromatic heterocycles. The van der Waals surface area contributed by atoms with Gasteiger partial charge in [-0.1, -0.05) is 12.1 Å². The van der Waals surface area contributed by atoms with Crippen molar-refractivity contribution in [2.45, 2.75) is 13.8 Å². The van der Waals surface area contributed by atoms with E-state index in [1.807, 2.05) is 18.2 Å². The minimum absolute atomic E-state index is 0.216. The Balaban J connectivity index is 2.51. The van der Waals surface area contributed by atoms with Gasteiger partial charge in [0.1, 0.15) is 0 Å². The van der Waals surface area contributed by atoms with Gasteiger partial charge in [-0.3, -0.25) is 9.59 Å². The largest absolute Gasteiger partial charge is 0.269 e. The summed E-state index contributed by atoms with van der Waals surface area (Å²) in [5, 5.41) is 0. The summed E-state index contributed by atoms with van der Waals surface area (Å²) < 4.78 is 0.893. The highest BCUT2D eigenvalue weighted by Crippen LogP contribution is 2.29. The Morgan fingerprint density at radius 3 is 2.00 bits per heavy atom. The van der Waals surface area contributed by atoms with Crippen LogP contribution in [0.2, 0.25) is 0 Å². The highest BCUT2D eigenvalue weighted by molar-refractivity contribution is 14.1. The maximum atomic E-state index is 11.9. The number of halogens is 1. The zero-order valence-corrected chi connectivity index (χ0v) is 11.1. The Morgan fingerprint density at radius 1 is 1.00 bits per heavy atom. The van der Waals surface area contributed by atoms with Crippen LogP contribution in [0.15, 0.2) is 35.4 Å². The van der Waals surface area contributed by atoms with E-state index in [-0.39, 0.29) is 11.8 Å². The summed E-state index contributed by atoms with van der Waals surface area (Å²) in [4.78, 5) is 25.1. The Hall–Kier alpha value is -1.17. The summed E-state index contributed by atoms with van der Waals surface area (Å²) in [6.07, 6.45) is 0. The lowest BCUT2D eigenvalue weighted by molar-refractivity contribution is -0.120. The molecule has 1 aromatic rings. The summed E-state index contributed by atoms with van der Waals surface area (Å²) in [5.74, 6) is -0.432. The maximum Gasteiger partial charge on any atom is 0.261 e. The van der Waals surface area contributed by atoms with Crippen molar-refractivity contribution in [1.82, 2.24) is 0 Å². The van der Waals surface area contributed by atoms with Crippen molar-refractivity contribution in [1.29, 1.82) is 0 Å². The quantitative estimate of drug-likeness (QED) is 0.587. The Bertz CT molecular complexity index is 496. The van der Waals surface area contributed by atoms with Crippen LogP contribution in [0.4, 0.5) is 5.69 Å². The van der Waals surface area contributed by atoms with Gasteiger partial charge in [-0.05, 0) is 48.6 Å². The van der Waals surface area contributed by atoms with Crippen LogP contribution in [-0.2, 0) is 9.59 Å². The van der Waals surface area contributed by atoms with E-state index in [1.54, 1.807) is 19.9 Å². The highest BCUT2D eigenvalue weighted by atomic mass is 127. The molecule has 0 aliphatic carbocycles. The number of hydrogen-bond donors (Lipinski definition) is 0. The summed E-state index contributed by atoms with van der Waals surface area (Å²) in [6.45, 7) is 3.37. The molecule has 0 bridgehead atoms. The topological polar surface area (TPSA) is 37.4 Å². The molecule has 16 heavy (non-hydrogen) atoms. The molecule has 0 saturated carbocycles. The normalized spacial score (nSPS) is 16.3. The number of benzene rings is 1. The maximum absolute atomic E-state index is 11.9. The monoisotopic (exact) mass is 327 g/mol. The Kier molecular flexibility index (Phi) is 2.84. The molecule has 3 nitrogen and oxygen atoms in total. The first-order valence-electron chi connectivity index (χ1n) is 4.85. The summed E-state index contributed by atoms with van der Waals surface area (Å²) in [6, 6.07) is 7.35. The van der Waals surface area contributed by atoms with Gasteiger partial charge in [0.2, 0.25) is 0 Å². The number of nitrogens with zero attached hydrogens (tertiary/aromatic N) is 1. The van der Waals surface area contributed by atoms with Gasteiger partial charge < -0.3 is 0 Å². The van der Waals surface area contributed by atoms with Gasteiger partial charge in [-0.25, -0.2) is 4.90 Å². The fraction of sp³-hybridized carbons (Fsp3) is 0.167. The molecule has 0 N–H and O–H groups in total. The van der Waals surface area contributed by atoms with E-state index in [2.05, 4.69) is 22.6 Å². The van der Waals surface area contributed by atoms with E-state index in [1.165, 1.54) is 4.90 Å². The van der Waals surface area contributed by atoms with E-state index in [0.29, 0.717) is 16.8 Å². The first-order valence-corrected chi connectivity index (χ1v) is 5.92. The molecule has 1 heterocycles. The van der Waals surface area contributed by atoms with Crippen molar-refractivity contribution >= 4 is 40.1 Å². The predicted molar refractivity (Wildman–Crippen MR) is 70.0 cm³/mol. The van der Waals surface area contributed by atoms with Gasteiger partial charge in [0, 0.05) is 14.7 Å². The fourth-order valence-corrected chi connectivity index (χ4v) is 2.23. The predicted octanol–water partition coefficient (Wildman–Crippen LogP) is 2.50. The van der Waals surface area contributed by atoms with Gasteiger partial charge in [-0.2, -0.15) is 0 Å². The molecule has 1 aliphatic rings. The number of rotatable bonds is 1. The molecule has 82 valence electrons. The molecule has 0 saturated heterocycles. The summed E-state index contributed by atoms with van der Waals surface area (Å²) in [5.41, 5.74) is 1.73. The van der Waals surface area contributed by atoms with Crippen LogP contribution in [0.1, 0.15) is 13.8 Å². The smallest absolute Gasteiger partial charge is 0.261 e. The molecule has 1 aliphatic heterocycles. The molecule has 2 amide bonds. The Morgan fingerprint density at radius 2 is 1.50 bits per heavy atom. The third-order valence-electron chi connectivity index (χ3n) is 2.70. The second-order valence-corrected chi connectivity index (χ2v) is 4.81. The molecule has 0 unspecified atom stereocenters. The van der Waals surface area contributed by atoms with Gasteiger partial charge in [0.15, 0.2) is 0 Å². The van der Waals surface area contributed by atoms with E-state index < -0.39 is 0 Å². The molecule has 0 fully saturated rings. The number of carbonyl (C=O) groups excluding carboxylic acids is 2. The average molecular weight is 327 g/mol. The summed E-state index contributed by atoms with van der Waals surface area (Å²) >= 11 is 2.12. The van der Waals surface area contributed by atoms with Crippen molar-refractivity contribution in [3.05, 3.63) is 39.0 Å². The minimum Gasteiger partial charge on any atom is -0.269 e. The number of carbonyl (C=O) groups is 2. The van der Waals surface area contributed by atoms with Gasteiger partial charge in [0.25, 0.3) is 11.8 Å². The van der Waals surface area contributed by atoms with Crippen LogP contribution in [-0.4, -0.2) is 11.8 Å². The second kappa shape index (κ2) is 4.01. The van der Waals surface area contributed by atoms with E-state index in [9.17, 15) is 9.59 Å². The van der Waals surface area contributed by atoms with Gasteiger partial charge >= 0.3 is 0 Å². The molecule has 4 heteroatoms. The van der Waals surface area contributed by atoms with Crippen molar-refractivity contribution in [2.24, 2.45) is 0 Å². The molecule has 0 radical (unpaired) electrons. The summed E-state index contributed by atoms with van der Waals surface area (Å²) in [7, 11) is 0. The second-order valence-electron chi connectivity index (χ2n) is 3.65. The molecule has 2 rings (SSSR count). The Labute approximate surface area is 107 Å². The van der Waals surface area contributed by atoms with E-state index in [0.717, 1.165) is 3.57 Å². The zero-order valence-electron chi connectivity index (χ0n) is 8.95. The van der Waals surface area contributed by atoms with Crippen molar-refractivity contribution in [3.8, 4) is 0 Å². The molecule has 1 aromatic carbocycles. The number of para-hydroxylation sites is 1. The van der Waals surface area contributed by atoms with Crippen LogP contribution in [0.25, 0.3) is 0 Å². The van der Waals surface area contributed by atoms with Crippen molar-refractivity contribution < 1.29 is 9.59 Å². The van der Waals surface area contributed by atoms with Crippen LogP contribution in [0.3, 0.4) is 0 Å². The van der Waals surface area contributed by atoms with Crippen molar-refractivity contribution in [3.63, 3.8) is 0 Å². The van der Waals surface area contributed by atoms with Crippen LogP contribution < -0.4 is 4.90 Å². The SMILES string of the molecule is CC1=C(C)C(=O)N(c2ccccc2I)C1=O. The van der Waals surface area contributed by atoms with Gasteiger partial charge in [-0.15, -0.1) is 0 Å². The van der Waals surface area contributed by atoms with Crippen LogP contribution >= 0.6 is 22.6 Å². The fourth-order valence-electron chi connectivity index (χ4n) is 1.60. The van der Waals surface area contributed by atoms with E-state index in [4.69, 9.17) is 0 Å². The average Bonchev–Trinajstić information content (AvgIpc) is 2.45. The lowest BCUT2D eigenvalue weighted by Gasteiger charge is -2.16. The molecular formula is C12H10INO2. The zero-order chi connectivity index (χ0) is 11.9. The molecule has 0 spiro atoms. The standard InChI is InChI=1S/C12H10INO2/c1-7-8(2)12(16)14(11(7)15)10-6-4-3-5-9(10)13/h3-6H,1-2H3. The number of imide groups is 1. The van der Waals surface area contributed by atoms with Crippen molar-refractivity contribution in [2.75, 3.05) is 4.90 Å².